The molecule has 0 aromatic carbocycles. The molecular weight excluding hydrogens is 455 g/mol. The minimum Gasteiger partial charge on any atom is -0.388 e. The summed E-state index contributed by atoms with van der Waals surface area (Å²) in [5.41, 5.74) is 2.54. The maximum Gasteiger partial charge on any atom is 0.0506 e. The van der Waals surface area contributed by atoms with Gasteiger partial charge in [-0.05, 0) is 43.8 Å². The molecule has 2 atom stereocenters. The van der Waals surface area contributed by atoms with Crippen molar-refractivity contribution in [3.05, 3.63) is 36.4 Å². The predicted octanol–water partition coefficient (Wildman–Crippen LogP) is 10.9. The van der Waals surface area contributed by atoms with Crippen LogP contribution in [0, 0.1) is 5.41 Å². The normalized spacial score (nSPS) is 13.3. The molecule has 2 nitrogen and oxygen atoms in total. The summed E-state index contributed by atoms with van der Waals surface area (Å²) in [6.07, 6.45) is 23.9. The number of unbranched alkanes of at least 4 members (excludes halogenated alkanes) is 12. The van der Waals surface area contributed by atoms with Crippen LogP contribution in [-0.2, 0) is 0 Å². The fourth-order valence-corrected chi connectivity index (χ4v) is 6.41. The zero-order chi connectivity index (χ0) is 27.2. The molecule has 0 bridgehead atoms. The Hall–Kier alpha value is -0.750. The highest BCUT2D eigenvalue weighted by atomic mass is 31.1. The molecule has 3 heteroatoms. The van der Waals surface area contributed by atoms with E-state index in [1.54, 1.807) is 0 Å². The molecule has 0 heterocycles. The summed E-state index contributed by atoms with van der Waals surface area (Å²) in [5, 5.41) is 8.69. The summed E-state index contributed by atoms with van der Waals surface area (Å²) < 4.78 is 0. The Bertz CT molecular complexity index is 580. The fourth-order valence-electron chi connectivity index (χ4n) is 4.90. The van der Waals surface area contributed by atoms with Crippen LogP contribution in [0.5, 0.6) is 0 Å². The van der Waals surface area contributed by atoms with Crippen LogP contribution in [0.1, 0.15) is 144 Å². The maximum absolute atomic E-state index is 4.50. The Morgan fingerprint density at radius 3 is 1.72 bits per heavy atom. The zero-order valence-electron chi connectivity index (χ0n) is 25.6. The molecular formula is C33H65N2P. The summed E-state index contributed by atoms with van der Waals surface area (Å²) in [6.45, 7) is 27.9. The van der Waals surface area contributed by atoms with Crippen molar-refractivity contribution in [2.75, 3.05) is 19.4 Å². The average molecular weight is 521 g/mol. The third kappa shape index (κ3) is 17.7. The zero-order valence-corrected chi connectivity index (χ0v) is 26.5. The Labute approximate surface area is 229 Å². The average Bonchev–Trinajstić information content (AvgIpc) is 2.84. The Kier molecular flexibility index (Phi) is 21.8. The number of hydrogen-bond acceptors (Lipinski definition) is 2. The smallest absolute Gasteiger partial charge is 0.0506 e. The number of nitrogens with one attached hydrogen (secondary N) is 2. The molecule has 0 aromatic rings. The second kappa shape index (κ2) is 22.3. The summed E-state index contributed by atoms with van der Waals surface area (Å²) in [7, 11) is -0.226. The van der Waals surface area contributed by atoms with Crippen molar-refractivity contribution in [2.45, 2.75) is 150 Å². The third-order valence-corrected chi connectivity index (χ3v) is 9.93. The second-order valence-electron chi connectivity index (χ2n) is 11.7. The van der Waals surface area contributed by atoms with Crippen LogP contribution < -0.4 is 10.6 Å². The van der Waals surface area contributed by atoms with Crippen molar-refractivity contribution in [3.63, 3.8) is 0 Å². The molecule has 0 amide bonds. The molecule has 2 N–H and O–H groups in total. The lowest BCUT2D eigenvalue weighted by Crippen LogP contribution is -2.30. The molecule has 212 valence electrons. The van der Waals surface area contributed by atoms with Gasteiger partial charge in [0.15, 0.2) is 0 Å². The van der Waals surface area contributed by atoms with E-state index in [-0.39, 0.29) is 13.3 Å². The van der Waals surface area contributed by atoms with E-state index in [2.05, 4.69) is 71.7 Å². The Balaban J connectivity index is 3.96. The molecule has 0 spiro atoms. The highest BCUT2D eigenvalue weighted by molar-refractivity contribution is 7.61. The predicted molar refractivity (Wildman–Crippen MR) is 169 cm³/mol. The third-order valence-electron chi connectivity index (χ3n) is 7.74. The fraction of sp³-hybridized carbons (Fsp3) is 0.818. The topological polar surface area (TPSA) is 24.1 Å². The van der Waals surface area contributed by atoms with Crippen LogP contribution >= 0.6 is 7.92 Å². The van der Waals surface area contributed by atoms with E-state index in [1.165, 1.54) is 113 Å². The van der Waals surface area contributed by atoms with Crippen molar-refractivity contribution < 1.29 is 0 Å². The van der Waals surface area contributed by atoms with Crippen LogP contribution in [-0.4, -0.2) is 25.4 Å². The largest absolute Gasteiger partial charge is 0.388 e. The van der Waals surface area contributed by atoms with Gasteiger partial charge in [0.2, 0.25) is 0 Å². The van der Waals surface area contributed by atoms with Crippen LogP contribution in [0.25, 0.3) is 0 Å². The first-order chi connectivity index (χ1) is 17.2. The van der Waals surface area contributed by atoms with Gasteiger partial charge in [0.05, 0.1) is 6.04 Å². The summed E-state index contributed by atoms with van der Waals surface area (Å²) in [6, 6.07) is 0.357. The quantitative estimate of drug-likeness (QED) is 0.0875. The van der Waals surface area contributed by atoms with Gasteiger partial charge in [-0.3, -0.25) is 0 Å². The van der Waals surface area contributed by atoms with Crippen molar-refractivity contribution in [2.24, 2.45) is 5.41 Å². The van der Waals surface area contributed by atoms with Crippen molar-refractivity contribution >= 4 is 7.92 Å². The first kappa shape index (κ1) is 35.2. The molecule has 0 aliphatic rings. The van der Waals surface area contributed by atoms with Gasteiger partial charge in [-0.1, -0.05) is 146 Å². The molecule has 0 fully saturated rings. The van der Waals surface area contributed by atoms with Gasteiger partial charge in [0.1, 0.15) is 0 Å². The standard InChI is InChI=1S/C33H65N2P/c1-10-13-14-15-16-17-18-19-20-21-22-23-24-25-29(4)35-32(12-3)30(5)36(9)28-27-34-31(6)33(7,8)26-11-2/h32,34-35H,4-6,10-28H2,1-3,7-9H3/t32-,36?/m0/s1. The van der Waals surface area contributed by atoms with Gasteiger partial charge in [0.25, 0.3) is 0 Å². The van der Waals surface area contributed by atoms with Crippen molar-refractivity contribution in [1.82, 2.24) is 10.6 Å². The van der Waals surface area contributed by atoms with Gasteiger partial charge in [0, 0.05) is 23.4 Å². The molecule has 0 rings (SSSR count). The maximum atomic E-state index is 4.50. The van der Waals surface area contributed by atoms with E-state index in [9.17, 15) is 0 Å². The first-order valence-electron chi connectivity index (χ1n) is 15.5. The molecule has 0 radical (unpaired) electrons. The van der Waals surface area contributed by atoms with Gasteiger partial charge in [-0.25, -0.2) is 0 Å². The first-order valence-corrected chi connectivity index (χ1v) is 17.4. The van der Waals surface area contributed by atoms with Crippen LogP contribution in [0.4, 0.5) is 0 Å². The highest BCUT2D eigenvalue weighted by Gasteiger charge is 2.21. The number of rotatable bonds is 26. The highest BCUT2D eigenvalue weighted by Crippen LogP contribution is 2.42. The van der Waals surface area contributed by atoms with Gasteiger partial charge in [-0.15, -0.1) is 0 Å². The van der Waals surface area contributed by atoms with E-state index >= 15 is 0 Å². The molecule has 0 aromatic heterocycles. The Morgan fingerprint density at radius 1 is 0.750 bits per heavy atom. The van der Waals surface area contributed by atoms with E-state index in [0.717, 1.165) is 25.5 Å². The minimum absolute atomic E-state index is 0.168. The van der Waals surface area contributed by atoms with E-state index in [1.807, 2.05) is 0 Å². The van der Waals surface area contributed by atoms with Gasteiger partial charge in [-0.2, -0.15) is 0 Å². The van der Waals surface area contributed by atoms with E-state index in [4.69, 9.17) is 0 Å². The lowest BCUT2D eigenvalue weighted by atomic mass is 9.85. The minimum atomic E-state index is -0.226. The summed E-state index contributed by atoms with van der Waals surface area (Å²) >= 11 is 0. The molecule has 0 aliphatic heterocycles. The lowest BCUT2D eigenvalue weighted by molar-refractivity contribution is 0.379. The van der Waals surface area contributed by atoms with Gasteiger partial charge < -0.3 is 10.6 Å². The van der Waals surface area contributed by atoms with Crippen LogP contribution in [0.3, 0.4) is 0 Å². The van der Waals surface area contributed by atoms with Crippen LogP contribution in [0.15, 0.2) is 36.4 Å². The SMILES string of the molecule is C=C(CCCCCCCCCCCCCCC)N[C@@H](CC)C(=C)P(C)CCNC(=C)C(C)(C)CCC. The van der Waals surface area contributed by atoms with Gasteiger partial charge >= 0.3 is 0 Å². The lowest BCUT2D eigenvalue weighted by Gasteiger charge is -2.30. The molecule has 0 saturated heterocycles. The van der Waals surface area contributed by atoms with Crippen molar-refractivity contribution in [1.29, 1.82) is 0 Å². The summed E-state index contributed by atoms with van der Waals surface area (Å²) in [4.78, 5) is 0. The summed E-state index contributed by atoms with van der Waals surface area (Å²) in [5.74, 6) is 0. The molecule has 1 unspecified atom stereocenters. The molecule has 0 aliphatic carbocycles. The monoisotopic (exact) mass is 520 g/mol. The number of allylic oxidation sites excluding steroid dienone is 2. The number of hydrogen-bond donors (Lipinski definition) is 2. The van der Waals surface area contributed by atoms with Crippen LogP contribution in [0.2, 0.25) is 0 Å². The van der Waals surface area contributed by atoms with E-state index < -0.39 is 0 Å². The molecule has 0 saturated carbocycles. The second-order valence-corrected chi connectivity index (χ2v) is 14.1. The molecule has 36 heavy (non-hydrogen) atoms. The van der Waals surface area contributed by atoms with Crippen molar-refractivity contribution in [3.8, 4) is 0 Å². The Morgan fingerprint density at radius 2 is 1.25 bits per heavy atom. The van der Waals surface area contributed by atoms with E-state index in [0.29, 0.717) is 6.04 Å².